The first-order chi connectivity index (χ1) is 12.1. The molecule has 6 nitrogen and oxygen atoms in total. The Morgan fingerprint density at radius 2 is 2.24 bits per heavy atom. The highest BCUT2D eigenvalue weighted by Crippen LogP contribution is 2.22. The molecule has 1 fully saturated rings. The fraction of sp³-hybridized carbons (Fsp3) is 0.500. The average Bonchev–Trinajstić information content (AvgIpc) is 3.16. The van der Waals surface area contributed by atoms with Crippen molar-refractivity contribution in [3.63, 3.8) is 0 Å². The Balaban J connectivity index is 1.57. The van der Waals surface area contributed by atoms with Crippen LogP contribution in [0.5, 0.6) is 0 Å². The summed E-state index contributed by atoms with van der Waals surface area (Å²) in [5, 5.41) is 7.37. The van der Waals surface area contributed by atoms with E-state index in [0.717, 1.165) is 19.4 Å². The molecule has 0 spiro atoms. The monoisotopic (exact) mass is 359 g/mol. The maximum absolute atomic E-state index is 12.7. The zero-order chi connectivity index (χ0) is 17.6. The van der Waals surface area contributed by atoms with E-state index in [1.165, 1.54) is 5.56 Å². The second-order valence-electron chi connectivity index (χ2n) is 6.62. The fourth-order valence-electron chi connectivity index (χ4n) is 3.23. The van der Waals surface area contributed by atoms with Crippen LogP contribution in [0.2, 0.25) is 0 Å². The first-order valence-corrected chi connectivity index (χ1v) is 9.57. The summed E-state index contributed by atoms with van der Waals surface area (Å²) in [6.07, 6.45) is 5.39. The van der Waals surface area contributed by atoms with E-state index in [4.69, 9.17) is 0 Å². The number of carbonyl (C=O) groups is 1. The Morgan fingerprint density at radius 1 is 1.44 bits per heavy atom. The van der Waals surface area contributed by atoms with Gasteiger partial charge in [0.25, 0.3) is 0 Å². The highest BCUT2D eigenvalue weighted by atomic mass is 32.1. The molecule has 2 aromatic heterocycles. The molecule has 1 aliphatic heterocycles. The van der Waals surface area contributed by atoms with Gasteiger partial charge in [0.2, 0.25) is 11.9 Å². The molecule has 3 heterocycles. The van der Waals surface area contributed by atoms with Crippen LogP contribution in [0.15, 0.2) is 35.3 Å². The van der Waals surface area contributed by atoms with Gasteiger partial charge in [0.15, 0.2) is 0 Å². The van der Waals surface area contributed by atoms with E-state index in [-0.39, 0.29) is 17.9 Å². The van der Waals surface area contributed by atoms with Crippen LogP contribution in [0.3, 0.4) is 0 Å². The molecule has 0 radical (unpaired) electrons. The minimum absolute atomic E-state index is 0.0113. The van der Waals surface area contributed by atoms with Crippen LogP contribution >= 0.6 is 11.3 Å². The number of hydrogen-bond donors (Lipinski definition) is 1. The number of nitrogens with one attached hydrogen (secondary N) is 1. The summed E-state index contributed by atoms with van der Waals surface area (Å²) >= 11 is 1.69. The van der Waals surface area contributed by atoms with E-state index in [2.05, 4.69) is 41.9 Å². The van der Waals surface area contributed by atoms with Crippen molar-refractivity contribution in [2.45, 2.75) is 18.9 Å². The van der Waals surface area contributed by atoms with Gasteiger partial charge < -0.3 is 15.1 Å². The number of thiophene rings is 1. The summed E-state index contributed by atoms with van der Waals surface area (Å²) < 4.78 is 0. The Hall–Kier alpha value is -1.99. The van der Waals surface area contributed by atoms with Gasteiger partial charge in [-0.3, -0.25) is 4.79 Å². The van der Waals surface area contributed by atoms with Crippen LogP contribution in [-0.2, 0) is 4.79 Å². The van der Waals surface area contributed by atoms with Gasteiger partial charge in [0.1, 0.15) is 0 Å². The van der Waals surface area contributed by atoms with E-state index in [0.29, 0.717) is 19.0 Å². The summed E-state index contributed by atoms with van der Waals surface area (Å²) in [5.41, 5.74) is 1.25. The maximum Gasteiger partial charge on any atom is 0.225 e. The highest BCUT2D eigenvalue weighted by molar-refractivity contribution is 7.07. The topological polar surface area (TPSA) is 61.4 Å². The van der Waals surface area contributed by atoms with Gasteiger partial charge in [0, 0.05) is 32.0 Å². The first-order valence-electron chi connectivity index (χ1n) is 8.63. The zero-order valence-electron chi connectivity index (χ0n) is 14.8. The molecule has 25 heavy (non-hydrogen) atoms. The van der Waals surface area contributed by atoms with Crippen molar-refractivity contribution in [2.24, 2.45) is 5.92 Å². The van der Waals surface area contributed by atoms with Crippen molar-refractivity contribution < 1.29 is 4.79 Å². The summed E-state index contributed by atoms with van der Waals surface area (Å²) in [4.78, 5) is 25.5. The van der Waals surface area contributed by atoms with Gasteiger partial charge in [-0.15, -0.1) is 0 Å². The summed E-state index contributed by atoms with van der Waals surface area (Å²) in [6, 6.07) is 4.13. The molecule has 0 saturated carbocycles. The van der Waals surface area contributed by atoms with Crippen molar-refractivity contribution in [1.82, 2.24) is 20.2 Å². The molecule has 1 aliphatic rings. The number of hydrogen-bond acceptors (Lipinski definition) is 6. The minimum Gasteiger partial charge on any atom is -0.354 e. The van der Waals surface area contributed by atoms with Crippen LogP contribution in [0.4, 0.5) is 5.95 Å². The standard InChI is InChI=1S/C18H25N5OS/c1-22(2)16(15-6-10-25-13-15)11-21-17(24)14-5-3-9-23(12-14)18-19-7-4-8-20-18/h4,6-8,10,13-14,16H,3,5,9,11-12H2,1-2H3,(H,21,24). The normalized spacial score (nSPS) is 19.0. The molecule has 1 N–H and O–H groups in total. The molecule has 7 heteroatoms. The number of aromatic nitrogens is 2. The van der Waals surface area contributed by atoms with Crippen molar-refractivity contribution in [3.05, 3.63) is 40.8 Å². The summed E-state index contributed by atoms with van der Waals surface area (Å²) in [6.45, 7) is 2.21. The lowest BCUT2D eigenvalue weighted by Crippen LogP contribution is -2.45. The second-order valence-corrected chi connectivity index (χ2v) is 7.40. The number of piperidine rings is 1. The van der Waals surface area contributed by atoms with E-state index >= 15 is 0 Å². The Kier molecular flexibility index (Phi) is 5.99. The molecule has 1 amide bonds. The molecule has 1 saturated heterocycles. The minimum atomic E-state index is -0.0113. The van der Waals surface area contributed by atoms with E-state index < -0.39 is 0 Å². The Bertz CT molecular complexity index is 661. The molecule has 0 aliphatic carbocycles. The lowest BCUT2D eigenvalue weighted by Gasteiger charge is -2.32. The van der Waals surface area contributed by atoms with Crippen LogP contribution < -0.4 is 10.2 Å². The van der Waals surface area contributed by atoms with Gasteiger partial charge >= 0.3 is 0 Å². The maximum atomic E-state index is 12.7. The third-order valence-corrected chi connectivity index (χ3v) is 5.35. The second kappa shape index (κ2) is 8.40. The fourth-order valence-corrected chi connectivity index (χ4v) is 3.94. The van der Waals surface area contributed by atoms with Gasteiger partial charge in [-0.25, -0.2) is 9.97 Å². The first kappa shape index (κ1) is 17.8. The predicted molar refractivity (Wildman–Crippen MR) is 101 cm³/mol. The van der Waals surface area contributed by atoms with E-state index in [1.54, 1.807) is 23.7 Å². The molecule has 0 bridgehead atoms. The Labute approximate surface area is 152 Å². The molecule has 2 unspecified atom stereocenters. The van der Waals surface area contributed by atoms with Crippen molar-refractivity contribution in [1.29, 1.82) is 0 Å². The molecule has 134 valence electrons. The highest BCUT2D eigenvalue weighted by Gasteiger charge is 2.27. The lowest BCUT2D eigenvalue weighted by atomic mass is 9.97. The van der Waals surface area contributed by atoms with Crippen LogP contribution in [0.25, 0.3) is 0 Å². The third-order valence-electron chi connectivity index (χ3n) is 4.65. The number of nitrogens with zero attached hydrogens (tertiary/aromatic N) is 4. The lowest BCUT2D eigenvalue weighted by molar-refractivity contribution is -0.125. The Morgan fingerprint density at radius 3 is 2.92 bits per heavy atom. The number of rotatable bonds is 6. The van der Waals surface area contributed by atoms with E-state index in [9.17, 15) is 4.79 Å². The number of amides is 1. The van der Waals surface area contributed by atoms with Gasteiger partial charge in [-0.2, -0.15) is 11.3 Å². The predicted octanol–water partition coefficient (Wildman–Crippen LogP) is 2.17. The van der Waals surface area contributed by atoms with Crippen LogP contribution in [0, 0.1) is 5.92 Å². The molecular weight excluding hydrogens is 334 g/mol. The van der Waals surface area contributed by atoms with E-state index in [1.807, 2.05) is 20.2 Å². The molecule has 3 rings (SSSR count). The SMILES string of the molecule is CN(C)C(CNC(=O)C1CCCN(c2ncccn2)C1)c1ccsc1. The quantitative estimate of drug-likeness (QED) is 0.856. The number of anilines is 1. The van der Waals surface area contributed by atoms with Crippen LogP contribution in [0.1, 0.15) is 24.4 Å². The van der Waals surface area contributed by atoms with Crippen LogP contribution in [-0.4, -0.2) is 54.5 Å². The number of carbonyl (C=O) groups excluding carboxylic acids is 1. The van der Waals surface area contributed by atoms with Crippen molar-refractivity contribution in [3.8, 4) is 0 Å². The average molecular weight is 359 g/mol. The molecule has 0 aromatic carbocycles. The van der Waals surface area contributed by atoms with Crippen molar-refractivity contribution >= 4 is 23.2 Å². The largest absolute Gasteiger partial charge is 0.354 e. The smallest absolute Gasteiger partial charge is 0.225 e. The third kappa shape index (κ3) is 4.55. The summed E-state index contributed by atoms with van der Waals surface area (Å²) in [5.74, 6) is 0.829. The zero-order valence-corrected chi connectivity index (χ0v) is 15.6. The number of likely N-dealkylation sites (N-methyl/N-ethyl adjacent to an activating group) is 1. The molecular formula is C18H25N5OS. The molecule has 2 atom stereocenters. The van der Waals surface area contributed by atoms with Gasteiger partial charge in [-0.1, -0.05) is 0 Å². The van der Waals surface area contributed by atoms with Crippen molar-refractivity contribution in [2.75, 3.05) is 38.6 Å². The summed E-state index contributed by atoms with van der Waals surface area (Å²) in [7, 11) is 4.09. The van der Waals surface area contributed by atoms with Gasteiger partial charge in [0.05, 0.1) is 12.0 Å². The molecule has 2 aromatic rings. The van der Waals surface area contributed by atoms with Gasteiger partial charge in [-0.05, 0) is 55.4 Å².